The van der Waals surface area contributed by atoms with Gasteiger partial charge in [-0.1, -0.05) is 49.7 Å². The summed E-state index contributed by atoms with van der Waals surface area (Å²) in [6.45, 7) is 4.07. The Morgan fingerprint density at radius 3 is 2.23 bits per heavy atom. The average Bonchev–Trinajstić information content (AvgIpc) is 2.70. The number of benzene rings is 2. The van der Waals surface area contributed by atoms with Crippen molar-refractivity contribution < 1.29 is 5.11 Å². The smallest absolute Gasteiger partial charge is 0.355 e. The molecule has 3 rings (SSSR count). The summed E-state index contributed by atoms with van der Waals surface area (Å²) < 4.78 is 2.30. The Hall–Kier alpha value is -2.90. The van der Waals surface area contributed by atoms with Crippen LogP contribution in [0.1, 0.15) is 25.0 Å². The molecule has 0 amide bonds. The number of nitrogens with one attached hydrogen (secondary N) is 1. The van der Waals surface area contributed by atoms with E-state index < -0.39 is 11.4 Å². The number of hydrogen-bond acceptors (Lipinski definition) is 5. The zero-order valence-electron chi connectivity index (χ0n) is 17.0. The predicted molar refractivity (Wildman–Crippen MR) is 119 cm³/mol. The molecule has 0 aliphatic heterocycles. The third-order valence-corrected chi connectivity index (χ3v) is 4.83. The molecule has 0 aliphatic carbocycles. The molecule has 0 radical (unpaired) electrons. The minimum atomic E-state index is -0.708. The van der Waals surface area contributed by atoms with Crippen molar-refractivity contribution in [2.45, 2.75) is 33.4 Å². The van der Waals surface area contributed by atoms with Crippen LogP contribution in [0.4, 0.5) is 11.6 Å². The van der Waals surface area contributed by atoms with E-state index in [2.05, 4.69) is 24.1 Å². The van der Waals surface area contributed by atoms with Crippen LogP contribution in [0.3, 0.4) is 0 Å². The molecule has 0 aliphatic rings. The second kappa shape index (κ2) is 9.73. The van der Waals surface area contributed by atoms with Crippen molar-refractivity contribution in [3.05, 3.63) is 85.6 Å². The molecular weight excluding hydrogens is 404 g/mol. The average molecular weight is 429 g/mol. The zero-order valence-corrected chi connectivity index (χ0v) is 17.8. The van der Waals surface area contributed by atoms with Gasteiger partial charge in [-0.25, -0.2) is 14.2 Å². The van der Waals surface area contributed by atoms with Gasteiger partial charge >= 0.3 is 11.4 Å². The molecule has 1 aromatic heterocycles. The van der Waals surface area contributed by atoms with Gasteiger partial charge in [0.25, 0.3) is 0 Å². The summed E-state index contributed by atoms with van der Waals surface area (Å²) in [7, 11) is 0. The van der Waals surface area contributed by atoms with E-state index in [0.717, 1.165) is 22.2 Å². The quantitative estimate of drug-likeness (QED) is 0.575. The first kappa shape index (κ1) is 21.8. The summed E-state index contributed by atoms with van der Waals surface area (Å²) in [5.74, 6) is 0.694. The van der Waals surface area contributed by atoms with Gasteiger partial charge in [-0.05, 0) is 47.7 Å². The highest BCUT2D eigenvalue weighted by Crippen LogP contribution is 2.17. The largest absolute Gasteiger partial charge is 0.395 e. The first-order chi connectivity index (χ1) is 14.4. The van der Waals surface area contributed by atoms with Crippen LogP contribution < -0.4 is 16.7 Å². The van der Waals surface area contributed by atoms with Crippen LogP contribution in [0.2, 0.25) is 5.02 Å². The standard InChI is InChI=1S/C22H25ClN4O3/c1-15(2)13-16-5-9-19(10-6-16)24-20-25-21(29)26(11-12-28)22(30)27(20)14-17-3-7-18(23)8-4-17/h3-10,15,28H,11-14H2,1-2H3,(H,24,25,29). The molecule has 0 fully saturated rings. The Bertz CT molecular complexity index is 1100. The maximum Gasteiger partial charge on any atom is 0.355 e. The third kappa shape index (κ3) is 5.37. The lowest BCUT2D eigenvalue weighted by Gasteiger charge is -2.16. The van der Waals surface area contributed by atoms with Crippen molar-refractivity contribution in [1.29, 1.82) is 0 Å². The Kier molecular flexibility index (Phi) is 7.07. The fraction of sp³-hybridized carbons (Fsp3) is 0.318. The van der Waals surface area contributed by atoms with Crippen molar-refractivity contribution >= 4 is 23.2 Å². The SMILES string of the molecule is CC(C)Cc1ccc(Nc2nc(=O)n(CCO)c(=O)n2Cc2ccc(Cl)cc2)cc1. The molecule has 3 aromatic rings. The predicted octanol–water partition coefficient (Wildman–Crippen LogP) is 3.04. The monoisotopic (exact) mass is 428 g/mol. The fourth-order valence-electron chi connectivity index (χ4n) is 3.16. The maximum atomic E-state index is 12.9. The Morgan fingerprint density at radius 1 is 1.00 bits per heavy atom. The van der Waals surface area contributed by atoms with Gasteiger partial charge < -0.3 is 10.4 Å². The minimum absolute atomic E-state index is 0.116. The van der Waals surface area contributed by atoms with E-state index >= 15 is 0 Å². The molecule has 2 N–H and O–H groups in total. The molecule has 0 saturated heterocycles. The van der Waals surface area contributed by atoms with Crippen LogP contribution in [-0.4, -0.2) is 25.8 Å². The second-order valence-corrected chi connectivity index (χ2v) is 7.94. The Balaban J connectivity index is 1.98. The lowest BCUT2D eigenvalue weighted by Crippen LogP contribution is -2.43. The molecule has 0 unspecified atom stereocenters. The number of aliphatic hydroxyl groups excluding tert-OH is 1. The zero-order chi connectivity index (χ0) is 21.7. The van der Waals surface area contributed by atoms with E-state index in [0.29, 0.717) is 10.9 Å². The summed E-state index contributed by atoms with van der Waals surface area (Å²) in [6.07, 6.45) is 0.969. The molecule has 0 spiro atoms. The lowest BCUT2D eigenvalue weighted by molar-refractivity contribution is 0.268. The number of rotatable bonds is 8. The fourth-order valence-corrected chi connectivity index (χ4v) is 3.28. The summed E-state index contributed by atoms with van der Waals surface area (Å²) >= 11 is 5.95. The van der Waals surface area contributed by atoms with Crippen molar-refractivity contribution in [3.8, 4) is 0 Å². The van der Waals surface area contributed by atoms with Gasteiger partial charge in [0, 0.05) is 10.7 Å². The summed E-state index contributed by atoms with van der Waals surface area (Å²) in [5.41, 5.74) is 1.50. The summed E-state index contributed by atoms with van der Waals surface area (Å²) in [4.78, 5) is 29.3. The van der Waals surface area contributed by atoms with Gasteiger partial charge in [-0.2, -0.15) is 4.98 Å². The highest BCUT2D eigenvalue weighted by atomic mass is 35.5. The van der Waals surface area contributed by atoms with Crippen molar-refractivity contribution in [2.75, 3.05) is 11.9 Å². The van der Waals surface area contributed by atoms with Crippen LogP contribution in [0.25, 0.3) is 0 Å². The van der Waals surface area contributed by atoms with Crippen molar-refractivity contribution in [1.82, 2.24) is 14.1 Å². The molecular formula is C22H25ClN4O3. The number of anilines is 2. The Labute approximate surface area is 179 Å². The number of hydrogen-bond donors (Lipinski definition) is 2. The summed E-state index contributed by atoms with van der Waals surface area (Å²) in [6, 6.07) is 14.9. The normalized spacial score (nSPS) is 11.1. The van der Waals surface area contributed by atoms with E-state index in [9.17, 15) is 14.7 Å². The van der Waals surface area contributed by atoms with Gasteiger partial charge in [0.2, 0.25) is 5.95 Å². The first-order valence-electron chi connectivity index (χ1n) is 9.80. The van der Waals surface area contributed by atoms with Gasteiger partial charge in [-0.15, -0.1) is 0 Å². The number of aromatic nitrogens is 3. The molecule has 2 aromatic carbocycles. The van der Waals surface area contributed by atoms with E-state index in [1.807, 2.05) is 24.3 Å². The van der Waals surface area contributed by atoms with Crippen LogP contribution in [0, 0.1) is 5.92 Å². The van der Waals surface area contributed by atoms with E-state index in [1.165, 1.54) is 10.1 Å². The molecule has 0 saturated carbocycles. The minimum Gasteiger partial charge on any atom is -0.395 e. The number of aliphatic hydroxyl groups is 1. The molecule has 0 atom stereocenters. The van der Waals surface area contributed by atoms with Crippen LogP contribution in [-0.2, 0) is 19.5 Å². The maximum absolute atomic E-state index is 12.9. The van der Waals surface area contributed by atoms with Crippen LogP contribution in [0.15, 0.2) is 58.1 Å². The molecule has 1 heterocycles. The highest BCUT2D eigenvalue weighted by Gasteiger charge is 2.14. The number of halogens is 1. The third-order valence-electron chi connectivity index (χ3n) is 4.58. The van der Waals surface area contributed by atoms with Crippen LogP contribution in [0.5, 0.6) is 0 Å². The van der Waals surface area contributed by atoms with Crippen LogP contribution >= 0.6 is 11.6 Å². The highest BCUT2D eigenvalue weighted by molar-refractivity contribution is 6.30. The van der Waals surface area contributed by atoms with E-state index in [-0.39, 0.29) is 25.6 Å². The molecule has 7 nitrogen and oxygen atoms in total. The molecule has 30 heavy (non-hydrogen) atoms. The van der Waals surface area contributed by atoms with E-state index in [1.54, 1.807) is 24.3 Å². The second-order valence-electron chi connectivity index (χ2n) is 7.51. The molecule has 0 bridgehead atoms. The first-order valence-corrected chi connectivity index (χ1v) is 10.2. The van der Waals surface area contributed by atoms with Crippen molar-refractivity contribution in [2.24, 2.45) is 5.92 Å². The van der Waals surface area contributed by atoms with Gasteiger partial charge in [0.05, 0.1) is 19.7 Å². The van der Waals surface area contributed by atoms with Gasteiger partial charge in [-0.3, -0.25) is 4.57 Å². The van der Waals surface area contributed by atoms with E-state index in [4.69, 9.17) is 11.6 Å². The Morgan fingerprint density at radius 2 is 1.63 bits per heavy atom. The van der Waals surface area contributed by atoms with Crippen molar-refractivity contribution in [3.63, 3.8) is 0 Å². The number of nitrogens with zero attached hydrogens (tertiary/aromatic N) is 3. The molecule has 158 valence electrons. The topological polar surface area (TPSA) is 89.2 Å². The summed E-state index contributed by atoms with van der Waals surface area (Å²) in [5, 5.41) is 12.9. The lowest BCUT2D eigenvalue weighted by atomic mass is 10.0. The van der Waals surface area contributed by atoms with Gasteiger partial charge in [0.1, 0.15) is 0 Å². The van der Waals surface area contributed by atoms with Gasteiger partial charge in [0.15, 0.2) is 0 Å². The molecule has 8 heteroatoms.